The zero-order chi connectivity index (χ0) is 13.0. The highest BCUT2D eigenvalue weighted by Gasteiger charge is 2.06. The Morgan fingerprint density at radius 1 is 1.00 bits per heavy atom. The fraction of sp³-hybridized carbons (Fsp3) is 0.200. The second-order valence-corrected chi connectivity index (χ2v) is 4.86. The Bertz CT molecular complexity index is 629. The first-order valence-corrected chi connectivity index (χ1v) is 6.93. The highest BCUT2D eigenvalue weighted by molar-refractivity contribution is 7.18. The number of rotatable bonds is 1. The van der Waals surface area contributed by atoms with Gasteiger partial charge in [0.15, 0.2) is 0 Å². The summed E-state index contributed by atoms with van der Waals surface area (Å²) in [7, 11) is 0. The number of hydrogen-bond donors (Lipinski definition) is 0. The van der Waals surface area contributed by atoms with Gasteiger partial charge in [0, 0.05) is 18.0 Å². The minimum atomic E-state index is 1.09. The molecule has 0 N–H and O–H groups in total. The first-order valence-electron chi connectivity index (χ1n) is 6.11. The molecule has 0 saturated heterocycles. The van der Waals surface area contributed by atoms with Crippen LogP contribution in [0.1, 0.15) is 18.9 Å². The van der Waals surface area contributed by atoms with E-state index in [4.69, 9.17) is 0 Å². The Balaban J connectivity index is 0.000000574. The third-order valence-corrected chi connectivity index (χ3v) is 3.45. The SMILES string of the molecule is CC.Cc1nc2c(-c3ccncc3)cccc2s1. The van der Waals surface area contributed by atoms with E-state index in [-0.39, 0.29) is 0 Å². The lowest BCUT2D eigenvalue weighted by molar-refractivity contribution is 1.32. The van der Waals surface area contributed by atoms with Gasteiger partial charge in [-0.25, -0.2) is 4.98 Å². The number of nitrogens with zero attached hydrogens (tertiary/aromatic N) is 2. The number of hydrogen-bond acceptors (Lipinski definition) is 3. The summed E-state index contributed by atoms with van der Waals surface area (Å²) in [5, 5.41) is 1.11. The van der Waals surface area contributed by atoms with Crippen LogP contribution < -0.4 is 0 Å². The molecule has 0 saturated carbocycles. The maximum Gasteiger partial charge on any atom is 0.0908 e. The van der Waals surface area contributed by atoms with Gasteiger partial charge < -0.3 is 0 Å². The van der Waals surface area contributed by atoms with Crippen molar-refractivity contribution in [2.75, 3.05) is 0 Å². The highest BCUT2D eigenvalue weighted by atomic mass is 32.1. The molecule has 18 heavy (non-hydrogen) atoms. The molecule has 2 nitrogen and oxygen atoms in total. The quantitative estimate of drug-likeness (QED) is 0.631. The minimum absolute atomic E-state index is 1.09. The van der Waals surface area contributed by atoms with Gasteiger partial charge in [-0.1, -0.05) is 26.0 Å². The van der Waals surface area contributed by atoms with Crippen molar-refractivity contribution in [2.24, 2.45) is 0 Å². The molecule has 0 fully saturated rings. The summed E-state index contributed by atoms with van der Waals surface area (Å²) >= 11 is 1.73. The number of benzene rings is 1. The van der Waals surface area contributed by atoms with E-state index >= 15 is 0 Å². The fourth-order valence-corrected chi connectivity index (χ4v) is 2.68. The van der Waals surface area contributed by atoms with Crippen molar-refractivity contribution in [3.8, 4) is 11.1 Å². The van der Waals surface area contributed by atoms with Crippen molar-refractivity contribution in [1.82, 2.24) is 9.97 Å². The van der Waals surface area contributed by atoms with Crippen LogP contribution in [0, 0.1) is 6.92 Å². The van der Waals surface area contributed by atoms with Crippen LogP contribution in [0.25, 0.3) is 21.3 Å². The third-order valence-electron chi connectivity index (χ3n) is 2.52. The van der Waals surface area contributed by atoms with Gasteiger partial charge in [0.05, 0.1) is 15.2 Å². The highest BCUT2D eigenvalue weighted by Crippen LogP contribution is 2.30. The molecule has 0 atom stereocenters. The smallest absolute Gasteiger partial charge is 0.0908 e. The molecular formula is C15H16N2S. The Morgan fingerprint density at radius 3 is 2.44 bits per heavy atom. The molecule has 1 aromatic carbocycles. The average Bonchev–Trinajstić information content (AvgIpc) is 2.82. The van der Waals surface area contributed by atoms with Crippen molar-refractivity contribution in [3.05, 3.63) is 47.7 Å². The summed E-state index contributed by atoms with van der Waals surface area (Å²) in [5.74, 6) is 0. The third kappa shape index (κ3) is 2.41. The molecule has 0 amide bonds. The predicted octanol–water partition coefficient (Wildman–Crippen LogP) is 4.69. The molecule has 0 aliphatic carbocycles. The van der Waals surface area contributed by atoms with Crippen LogP contribution in [0.2, 0.25) is 0 Å². The van der Waals surface area contributed by atoms with Crippen LogP contribution in [-0.4, -0.2) is 9.97 Å². The lowest BCUT2D eigenvalue weighted by Gasteiger charge is -2.01. The largest absolute Gasteiger partial charge is 0.265 e. The topological polar surface area (TPSA) is 25.8 Å². The maximum absolute atomic E-state index is 4.59. The lowest BCUT2D eigenvalue weighted by Crippen LogP contribution is -1.80. The summed E-state index contributed by atoms with van der Waals surface area (Å²) in [6, 6.07) is 10.3. The summed E-state index contributed by atoms with van der Waals surface area (Å²) in [6.45, 7) is 6.04. The monoisotopic (exact) mass is 256 g/mol. The average molecular weight is 256 g/mol. The number of para-hydroxylation sites is 1. The zero-order valence-corrected chi connectivity index (χ0v) is 11.7. The van der Waals surface area contributed by atoms with Gasteiger partial charge in [-0.3, -0.25) is 4.98 Å². The van der Waals surface area contributed by atoms with Crippen molar-refractivity contribution < 1.29 is 0 Å². The van der Waals surface area contributed by atoms with Crippen molar-refractivity contribution >= 4 is 21.6 Å². The van der Waals surface area contributed by atoms with Gasteiger partial charge in [0.25, 0.3) is 0 Å². The Hall–Kier alpha value is -1.74. The van der Waals surface area contributed by atoms with Crippen LogP contribution in [0.3, 0.4) is 0 Å². The van der Waals surface area contributed by atoms with Gasteiger partial charge in [-0.2, -0.15) is 0 Å². The number of aryl methyl sites for hydroxylation is 1. The maximum atomic E-state index is 4.59. The molecule has 0 spiro atoms. The normalized spacial score (nSPS) is 9.94. The lowest BCUT2D eigenvalue weighted by atomic mass is 10.1. The van der Waals surface area contributed by atoms with Crippen LogP contribution in [0.15, 0.2) is 42.7 Å². The molecule has 92 valence electrons. The summed E-state index contributed by atoms with van der Waals surface area (Å²) < 4.78 is 1.24. The van der Waals surface area contributed by atoms with Crippen LogP contribution in [0.5, 0.6) is 0 Å². The molecular weight excluding hydrogens is 240 g/mol. The molecule has 0 aliphatic heterocycles. The fourth-order valence-electron chi connectivity index (χ4n) is 1.82. The Kier molecular flexibility index (Phi) is 4.05. The van der Waals surface area contributed by atoms with Gasteiger partial charge in [-0.05, 0) is 30.7 Å². The first-order chi connectivity index (χ1) is 8.84. The van der Waals surface area contributed by atoms with Gasteiger partial charge in [0.2, 0.25) is 0 Å². The van der Waals surface area contributed by atoms with Gasteiger partial charge >= 0.3 is 0 Å². The van der Waals surface area contributed by atoms with Crippen LogP contribution in [0.4, 0.5) is 0 Å². The number of fused-ring (bicyclic) bond motifs is 1. The molecule has 3 aromatic rings. The predicted molar refractivity (Wildman–Crippen MR) is 78.9 cm³/mol. The van der Waals surface area contributed by atoms with E-state index in [2.05, 4.69) is 28.2 Å². The second-order valence-electron chi connectivity index (χ2n) is 3.62. The van der Waals surface area contributed by atoms with E-state index in [0.29, 0.717) is 0 Å². The molecule has 2 heterocycles. The molecule has 0 bridgehead atoms. The van der Waals surface area contributed by atoms with Gasteiger partial charge in [0.1, 0.15) is 0 Å². The Labute approximate surface area is 111 Å². The summed E-state index contributed by atoms with van der Waals surface area (Å²) in [6.07, 6.45) is 3.63. The van der Waals surface area contributed by atoms with Crippen molar-refractivity contribution in [2.45, 2.75) is 20.8 Å². The number of pyridine rings is 1. The van der Waals surface area contributed by atoms with Crippen LogP contribution in [-0.2, 0) is 0 Å². The van der Waals surface area contributed by atoms with E-state index < -0.39 is 0 Å². The van der Waals surface area contributed by atoms with E-state index in [1.54, 1.807) is 11.3 Å². The number of aromatic nitrogens is 2. The summed E-state index contributed by atoms with van der Waals surface area (Å²) in [4.78, 5) is 8.63. The zero-order valence-electron chi connectivity index (χ0n) is 10.8. The Morgan fingerprint density at radius 2 is 1.72 bits per heavy atom. The molecule has 0 unspecified atom stereocenters. The molecule has 0 radical (unpaired) electrons. The van der Waals surface area contributed by atoms with Gasteiger partial charge in [-0.15, -0.1) is 11.3 Å². The van der Waals surface area contributed by atoms with E-state index in [1.807, 2.05) is 45.3 Å². The molecule has 3 rings (SSSR count). The van der Waals surface area contributed by atoms with Crippen molar-refractivity contribution in [1.29, 1.82) is 0 Å². The molecule has 2 aromatic heterocycles. The van der Waals surface area contributed by atoms with E-state index in [0.717, 1.165) is 10.5 Å². The second kappa shape index (κ2) is 5.74. The number of thiazole rings is 1. The molecule has 3 heteroatoms. The summed E-state index contributed by atoms with van der Waals surface area (Å²) in [5.41, 5.74) is 3.45. The first kappa shape index (κ1) is 12.7. The standard InChI is InChI=1S/C13H10N2S.C2H6/c1-9-15-13-11(3-2-4-12(13)16-9)10-5-7-14-8-6-10;1-2/h2-8H,1H3;1-2H3. The van der Waals surface area contributed by atoms with E-state index in [9.17, 15) is 0 Å². The van der Waals surface area contributed by atoms with Crippen molar-refractivity contribution in [3.63, 3.8) is 0 Å². The molecule has 0 aliphatic rings. The minimum Gasteiger partial charge on any atom is -0.265 e. The van der Waals surface area contributed by atoms with Crippen LogP contribution >= 0.6 is 11.3 Å². The van der Waals surface area contributed by atoms with E-state index in [1.165, 1.54) is 15.8 Å².